The fourth-order valence-corrected chi connectivity index (χ4v) is 2.43. The smallest absolute Gasteiger partial charge is 0.119 e. The van der Waals surface area contributed by atoms with E-state index in [2.05, 4.69) is 5.18 Å². The lowest BCUT2D eigenvalue weighted by atomic mass is 9.99. The van der Waals surface area contributed by atoms with Crippen LogP contribution in [0.5, 0.6) is 0 Å². The van der Waals surface area contributed by atoms with E-state index in [-0.39, 0.29) is 6.04 Å². The Labute approximate surface area is 88.2 Å². The summed E-state index contributed by atoms with van der Waals surface area (Å²) in [6.45, 7) is 3.91. The van der Waals surface area contributed by atoms with Crippen LogP contribution in [0.4, 0.5) is 0 Å². The average Bonchev–Trinajstić information content (AvgIpc) is 2.40. The van der Waals surface area contributed by atoms with E-state index >= 15 is 0 Å². The van der Waals surface area contributed by atoms with Crippen molar-refractivity contribution in [2.45, 2.75) is 31.2 Å². The highest BCUT2D eigenvalue weighted by Gasteiger charge is 2.43. The Morgan fingerprint density at radius 3 is 2.86 bits per heavy atom. The summed E-state index contributed by atoms with van der Waals surface area (Å²) in [5.74, 6) is 0. The van der Waals surface area contributed by atoms with E-state index in [1.165, 1.54) is 11.1 Å². The number of nitrogens with zero attached hydrogens (tertiary/aromatic N) is 1. The third-order valence-corrected chi connectivity index (χ3v) is 3.54. The van der Waals surface area contributed by atoms with Crippen molar-refractivity contribution in [2.24, 2.45) is 5.18 Å². The first-order chi connectivity index (χ1) is 6.57. The molecule has 0 saturated carbocycles. The molecule has 0 bridgehead atoms. The Hall–Kier alpha value is -0.890. The van der Waals surface area contributed by atoms with E-state index in [9.17, 15) is 4.91 Å². The predicted octanol–water partition coefficient (Wildman–Crippen LogP) is 3.14. The first-order valence-electron chi connectivity index (χ1n) is 4.67. The quantitative estimate of drug-likeness (QED) is 0.516. The van der Waals surface area contributed by atoms with Crippen LogP contribution in [0.15, 0.2) is 23.4 Å². The maximum absolute atomic E-state index is 10.7. The molecular formula is C11H12ClNO. The summed E-state index contributed by atoms with van der Waals surface area (Å²) < 4.78 is 0. The molecule has 0 radical (unpaired) electrons. The molecule has 0 fully saturated rings. The van der Waals surface area contributed by atoms with Crippen molar-refractivity contribution in [3.63, 3.8) is 0 Å². The first kappa shape index (κ1) is 9.66. The predicted molar refractivity (Wildman–Crippen MR) is 57.7 cm³/mol. The summed E-state index contributed by atoms with van der Waals surface area (Å²) >= 11 is 6.34. The van der Waals surface area contributed by atoms with Crippen molar-refractivity contribution in [1.29, 1.82) is 0 Å². The Bertz CT molecular complexity index is 387. The molecule has 1 aliphatic carbocycles. The lowest BCUT2D eigenvalue weighted by Crippen LogP contribution is -2.24. The van der Waals surface area contributed by atoms with Gasteiger partial charge in [0, 0.05) is 6.42 Å². The highest BCUT2D eigenvalue weighted by molar-refractivity contribution is 6.24. The summed E-state index contributed by atoms with van der Waals surface area (Å²) in [5, 5.41) is 3.11. The lowest BCUT2D eigenvalue weighted by Gasteiger charge is -2.19. The van der Waals surface area contributed by atoms with Gasteiger partial charge in [-0.05, 0) is 30.5 Å². The molecule has 2 atom stereocenters. The molecule has 0 heterocycles. The maximum atomic E-state index is 10.7. The van der Waals surface area contributed by atoms with Gasteiger partial charge in [-0.3, -0.25) is 0 Å². The van der Waals surface area contributed by atoms with Crippen LogP contribution in [-0.2, 0) is 11.3 Å². The van der Waals surface area contributed by atoms with Crippen molar-refractivity contribution < 1.29 is 0 Å². The van der Waals surface area contributed by atoms with Crippen LogP contribution in [0.2, 0.25) is 0 Å². The molecule has 0 saturated heterocycles. The van der Waals surface area contributed by atoms with Gasteiger partial charge in [0.25, 0.3) is 0 Å². The zero-order chi connectivity index (χ0) is 10.3. The largest absolute Gasteiger partial charge is 0.150 e. The zero-order valence-electron chi connectivity index (χ0n) is 8.25. The third kappa shape index (κ3) is 1.17. The molecule has 0 N–H and O–H groups in total. The van der Waals surface area contributed by atoms with Gasteiger partial charge >= 0.3 is 0 Å². The van der Waals surface area contributed by atoms with Gasteiger partial charge in [-0.1, -0.05) is 23.4 Å². The second-order valence-electron chi connectivity index (χ2n) is 4.00. The van der Waals surface area contributed by atoms with Gasteiger partial charge < -0.3 is 0 Å². The molecule has 0 spiro atoms. The number of halogens is 1. The third-order valence-electron chi connectivity index (χ3n) is 3.09. The average molecular weight is 210 g/mol. The number of benzene rings is 1. The van der Waals surface area contributed by atoms with Crippen LogP contribution in [0.3, 0.4) is 0 Å². The normalized spacial score (nSPS) is 30.1. The fraction of sp³-hybridized carbons (Fsp3) is 0.455. The molecule has 0 aliphatic heterocycles. The van der Waals surface area contributed by atoms with Crippen molar-refractivity contribution in [2.75, 3.05) is 0 Å². The molecule has 1 aliphatic rings. The monoisotopic (exact) mass is 209 g/mol. The van der Waals surface area contributed by atoms with Crippen molar-refractivity contribution in [1.82, 2.24) is 0 Å². The van der Waals surface area contributed by atoms with Crippen molar-refractivity contribution in [3.8, 4) is 0 Å². The van der Waals surface area contributed by atoms with E-state index < -0.39 is 4.87 Å². The Kier molecular flexibility index (Phi) is 2.11. The van der Waals surface area contributed by atoms with Crippen LogP contribution in [0, 0.1) is 11.8 Å². The Balaban J connectivity index is 2.59. The van der Waals surface area contributed by atoms with Crippen LogP contribution in [-0.4, -0.2) is 6.04 Å². The highest BCUT2D eigenvalue weighted by atomic mass is 35.5. The van der Waals surface area contributed by atoms with Gasteiger partial charge in [0.1, 0.15) is 6.04 Å². The molecule has 0 aromatic heterocycles. The SMILES string of the molecule is Cc1cccc2c1CC(N=O)C2(C)Cl. The van der Waals surface area contributed by atoms with E-state index in [0.29, 0.717) is 6.42 Å². The number of nitroso groups, excluding NO2 is 1. The van der Waals surface area contributed by atoms with E-state index in [4.69, 9.17) is 11.6 Å². The number of aryl methyl sites for hydroxylation is 1. The standard InChI is InChI=1S/C11H12ClNO/c1-7-4-3-5-9-8(7)6-10(13-14)11(9,2)12/h3-5,10H,6H2,1-2H3. The molecular weight excluding hydrogens is 198 g/mol. The van der Waals surface area contributed by atoms with Crippen molar-refractivity contribution >= 4 is 11.6 Å². The van der Waals surface area contributed by atoms with Crippen LogP contribution >= 0.6 is 11.6 Å². The fourth-order valence-electron chi connectivity index (χ4n) is 2.13. The van der Waals surface area contributed by atoms with E-state index in [0.717, 1.165) is 5.56 Å². The molecule has 0 amide bonds. The molecule has 1 aromatic carbocycles. The molecule has 2 nitrogen and oxygen atoms in total. The number of alkyl halides is 1. The first-order valence-corrected chi connectivity index (χ1v) is 5.05. The molecule has 2 unspecified atom stereocenters. The minimum absolute atomic E-state index is 0.333. The van der Waals surface area contributed by atoms with Crippen LogP contribution < -0.4 is 0 Å². The Morgan fingerprint density at radius 1 is 1.57 bits per heavy atom. The summed E-state index contributed by atoms with van der Waals surface area (Å²) in [6, 6.07) is 5.67. The number of hydrogen-bond donors (Lipinski definition) is 0. The molecule has 14 heavy (non-hydrogen) atoms. The van der Waals surface area contributed by atoms with E-state index in [1.807, 2.05) is 32.0 Å². The van der Waals surface area contributed by atoms with Crippen LogP contribution in [0.25, 0.3) is 0 Å². The number of rotatable bonds is 1. The van der Waals surface area contributed by atoms with Crippen LogP contribution in [0.1, 0.15) is 23.6 Å². The lowest BCUT2D eigenvalue weighted by molar-refractivity contribution is 0.554. The van der Waals surface area contributed by atoms with Gasteiger partial charge in [0.2, 0.25) is 0 Å². The number of hydrogen-bond acceptors (Lipinski definition) is 2. The highest BCUT2D eigenvalue weighted by Crippen LogP contribution is 2.44. The minimum atomic E-state index is -0.622. The van der Waals surface area contributed by atoms with Gasteiger partial charge in [0.15, 0.2) is 0 Å². The summed E-state index contributed by atoms with van der Waals surface area (Å²) in [5.41, 5.74) is 3.44. The molecule has 3 heteroatoms. The summed E-state index contributed by atoms with van der Waals surface area (Å²) in [6.07, 6.45) is 0.672. The molecule has 74 valence electrons. The van der Waals surface area contributed by atoms with E-state index in [1.54, 1.807) is 0 Å². The zero-order valence-corrected chi connectivity index (χ0v) is 9.01. The van der Waals surface area contributed by atoms with Gasteiger partial charge in [-0.25, -0.2) is 0 Å². The number of fused-ring (bicyclic) bond motifs is 1. The second-order valence-corrected chi connectivity index (χ2v) is 4.79. The molecule has 2 rings (SSSR count). The molecule has 1 aromatic rings. The van der Waals surface area contributed by atoms with Crippen molar-refractivity contribution in [3.05, 3.63) is 39.8 Å². The Morgan fingerprint density at radius 2 is 2.29 bits per heavy atom. The second kappa shape index (κ2) is 3.06. The summed E-state index contributed by atoms with van der Waals surface area (Å²) in [4.78, 5) is 10.0. The van der Waals surface area contributed by atoms with Gasteiger partial charge in [0.05, 0.1) is 4.87 Å². The maximum Gasteiger partial charge on any atom is 0.119 e. The minimum Gasteiger partial charge on any atom is -0.150 e. The van der Waals surface area contributed by atoms with Gasteiger partial charge in [-0.2, -0.15) is 4.91 Å². The van der Waals surface area contributed by atoms with Gasteiger partial charge in [-0.15, -0.1) is 11.6 Å². The topological polar surface area (TPSA) is 29.4 Å². The summed E-state index contributed by atoms with van der Waals surface area (Å²) in [7, 11) is 0.